The minimum Gasteiger partial charge on any atom is -0.380 e. The second kappa shape index (κ2) is 7.96. The smallest absolute Gasteiger partial charge is 0.239 e. The molecule has 0 aliphatic carbocycles. The van der Waals surface area contributed by atoms with Crippen LogP contribution < -0.4 is 5.73 Å². The summed E-state index contributed by atoms with van der Waals surface area (Å²) in [6.07, 6.45) is 4.49. The zero-order chi connectivity index (χ0) is 15.1. The van der Waals surface area contributed by atoms with Crippen molar-refractivity contribution in [2.45, 2.75) is 25.3 Å². The Morgan fingerprint density at radius 1 is 1.38 bits per heavy atom. The normalized spacial score (nSPS) is 16.5. The second-order valence-corrected chi connectivity index (χ2v) is 5.46. The Kier molecular flexibility index (Phi) is 5.96. The molecule has 0 saturated heterocycles. The van der Waals surface area contributed by atoms with E-state index in [9.17, 15) is 4.79 Å². The summed E-state index contributed by atoms with van der Waals surface area (Å²) in [6, 6.07) is 9.73. The third-order valence-electron chi connectivity index (χ3n) is 3.85. The number of hydrogen-bond donors (Lipinski definition) is 1. The number of methoxy groups -OCH3 is 1. The first-order valence-electron chi connectivity index (χ1n) is 7.46. The highest BCUT2D eigenvalue weighted by atomic mass is 16.5. The molecule has 0 spiro atoms. The molecule has 1 aliphatic rings. The predicted octanol–water partition coefficient (Wildman–Crippen LogP) is 1.75. The zero-order valence-electron chi connectivity index (χ0n) is 12.6. The molecule has 0 bridgehead atoms. The third-order valence-corrected chi connectivity index (χ3v) is 3.85. The van der Waals surface area contributed by atoms with Crippen molar-refractivity contribution < 1.29 is 9.53 Å². The number of rotatable bonds is 6. The van der Waals surface area contributed by atoms with E-state index in [1.165, 1.54) is 11.1 Å². The minimum absolute atomic E-state index is 0.0543. The Bertz CT molecular complexity index is 485. The van der Waals surface area contributed by atoms with E-state index < -0.39 is 6.04 Å². The number of benzene rings is 1. The van der Waals surface area contributed by atoms with Crippen molar-refractivity contribution in [3.05, 3.63) is 47.5 Å². The molecule has 0 saturated carbocycles. The van der Waals surface area contributed by atoms with E-state index in [4.69, 9.17) is 10.5 Å². The zero-order valence-corrected chi connectivity index (χ0v) is 12.6. The summed E-state index contributed by atoms with van der Waals surface area (Å²) in [4.78, 5) is 14.2. The Labute approximate surface area is 126 Å². The first kappa shape index (κ1) is 15.7. The van der Waals surface area contributed by atoms with Crippen LogP contribution in [0.5, 0.6) is 0 Å². The molecule has 4 nitrogen and oxygen atoms in total. The van der Waals surface area contributed by atoms with Crippen molar-refractivity contribution >= 4 is 5.91 Å². The summed E-state index contributed by atoms with van der Waals surface area (Å²) in [6.45, 7) is 2.05. The molecule has 0 fully saturated rings. The van der Waals surface area contributed by atoms with Gasteiger partial charge in [0.05, 0.1) is 12.6 Å². The lowest BCUT2D eigenvalue weighted by molar-refractivity contribution is -0.132. The van der Waals surface area contributed by atoms with Gasteiger partial charge in [0.2, 0.25) is 5.91 Å². The largest absolute Gasteiger partial charge is 0.380 e. The lowest BCUT2D eigenvalue weighted by Gasteiger charge is -2.28. The highest BCUT2D eigenvalue weighted by Gasteiger charge is 2.22. The van der Waals surface area contributed by atoms with Crippen molar-refractivity contribution in [3.8, 4) is 0 Å². The van der Waals surface area contributed by atoms with Crippen LogP contribution in [0.1, 0.15) is 18.4 Å². The number of nitrogens with zero attached hydrogens (tertiary/aromatic N) is 1. The molecular weight excluding hydrogens is 264 g/mol. The Morgan fingerprint density at radius 3 is 2.76 bits per heavy atom. The Morgan fingerprint density at radius 2 is 2.14 bits per heavy atom. The fourth-order valence-corrected chi connectivity index (χ4v) is 2.55. The Balaban J connectivity index is 1.80. The molecule has 1 aromatic rings. The van der Waals surface area contributed by atoms with Crippen LogP contribution in [0.3, 0.4) is 0 Å². The van der Waals surface area contributed by atoms with Gasteiger partial charge in [0.25, 0.3) is 0 Å². The van der Waals surface area contributed by atoms with Gasteiger partial charge in [0, 0.05) is 20.2 Å². The highest BCUT2D eigenvalue weighted by molar-refractivity contribution is 5.82. The minimum atomic E-state index is -0.414. The van der Waals surface area contributed by atoms with Crippen LogP contribution in [-0.4, -0.2) is 43.7 Å². The number of nitrogens with two attached hydrogens (primary N) is 1. The number of carbonyl (C=O) groups excluding carboxylic acids is 1. The van der Waals surface area contributed by atoms with Crippen LogP contribution in [0, 0.1) is 0 Å². The highest BCUT2D eigenvalue weighted by Crippen LogP contribution is 2.13. The average molecular weight is 288 g/mol. The lowest BCUT2D eigenvalue weighted by Crippen LogP contribution is -2.45. The molecule has 21 heavy (non-hydrogen) atoms. The van der Waals surface area contributed by atoms with Crippen LogP contribution >= 0.6 is 0 Å². The van der Waals surface area contributed by atoms with Crippen molar-refractivity contribution in [1.82, 2.24) is 4.90 Å². The molecule has 114 valence electrons. The van der Waals surface area contributed by atoms with Gasteiger partial charge in [0.1, 0.15) is 0 Å². The maximum Gasteiger partial charge on any atom is 0.239 e. The van der Waals surface area contributed by atoms with Crippen LogP contribution in [0.2, 0.25) is 0 Å². The summed E-state index contributed by atoms with van der Waals surface area (Å²) in [5.41, 5.74) is 8.54. The number of hydrogen-bond acceptors (Lipinski definition) is 3. The van der Waals surface area contributed by atoms with E-state index in [0.717, 1.165) is 19.4 Å². The Hall–Kier alpha value is -1.65. The van der Waals surface area contributed by atoms with E-state index in [-0.39, 0.29) is 5.91 Å². The maximum atomic E-state index is 12.3. The van der Waals surface area contributed by atoms with Crippen molar-refractivity contribution in [2.75, 3.05) is 26.8 Å². The molecule has 4 heteroatoms. The first-order valence-corrected chi connectivity index (χ1v) is 7.46. The van der Waals surface area contributed by atoms with Crippen molar-refractivity contribution in [1.29, 1.82) is 0 Å². The van der Waals surface area contributed by atoms with E-state index in [1.807, 2.05) is 23.1 Å². The fraction of sp³-hybridized carbons (Fsp3) is 0.471. The van der Waals surface area contributed by atoms with Gasteiger partial charge in [-0.2, -0.15) is 0 Å². The van der Waals surface area contributed by atoms with Gasteiger partial charge in [-0.15, -0.1) is 0 Å². The van der Waals surface area contributed by atoms with Gasteiger partial charge < -0.3 is 15.4 Å². The monoisotopic (exact) mass is 288 g/mol. The lowest BCUT2D eigenvalue weighted by atomic mass is 10.0. The predicted molar refractivity (Wildman–Crippen MR) is 83.9 cm³/mol. The number of amides is 1. The molecule has 1 amide bonds. The van der Waals surface area contributed by atoms with Crippen LogP contribution in [-0.2, 0) is 16.0 Å². The van der Waals surface area contributed by atoms with Crippen molar-refractivity contribution in [3.63, 3.8) is 0 Å². The topological polar surface area (TPSA) is 55.6 Å². The quantitative estimate of drug-likeness (QED) is 0.811. The van der Waals surface area contributed by atoms with Crippen LogP contribution in [0.25, 0.3) is 0 Å². The second-order valence-electron chi connectivity index (χ2n) is 5.46. The number of ether oxygens (including phenoxy) is 1. The maximum absolute atomic E-state index is 12.3. The van der Waals surface area contributed by atoms with Gasteiger partial charge in [-0.25, -0.2) is 0 Å². The summed E-state index contributed by atoms with van der Waals surface area (Å²) >= 11 is 0. The standard InChI is InChI=1S/C17H24N2O2/c1-21-13-15-9-11-19(12-10-15)17(20)16(18)8-7-14-5-3-2-4-6-14/h2-6,9,16H,7-8,10-13,18H2,1H3/t16-/m0/s1. The average Bonchev–Trinajstić information content (AvgIpc) is 2.54. The molecule has 0 radical (unpaired) electrons. The van der Waals surface area contributed by atoms with E-state index in [2.05, 4.69) is 18.2 Å². The molecular formula is C17H24N2O2. The van der Waals surface area contributed by atoms with Gasteiger partial charge in [-0.05, 0) is 30.4 Å². The van der Waals surface area contributed by atoms with E-state index in [1.54, 1.807) is 7.11 Å². The molecule has 0 unspecified atom stereocenters. The summed E-state index contributed by atoms with van der Waals surface area (Å²) in [5, 5.41) is 0. The first-order chi connectivity index (χ1) is 10.2. The van der Waals surface area contributed by atoms with Gasteiger partial charge in [-0.3, -0.25) is 4.79 Å². The molecule has 1 aliphatic heterocycles. The van der Waals surface area contributed by atoms with Gasteiger partial charge >= 0.3 is 0 Å². The molecule has 2 N–H and O–H groups in total. The SMILES string of the molecule is COCC1=CCN(C(=O)[C@@H](N)CCc2ccccc2)CC1. The molecule has 1 aromatic carbocycles. The molecule has 0 aromatic heterocycles. The van der Waals surface area contributed by atoms with Crippen LogP contribution in [0.4, 0.5) is 0 Å². The van der Waals surface area contributed by atoms with Crippen molar-refractivity contribution in [2.24, 2.45) is 5.73 Å². The summed E-state index contributed by atoms with van der Waals surface area (Å²) in [7, 11) is 1.69. The molecule has 1 atom stereocenters. The summed E-state index contributed by atoms with van der Waals surface area (Å²) < 4.78 is 5.12. The van der Waals surface area contributed by atoms with Gasteiger partial charge in [-0.1, -0.05) is 36.4 Å². The van der Waals surface area contributed by atoms with Crippen LogP contribution in [0.15, 0.2) is 42.0 Å². The van der Waals surface area contributed by atoms with Gasteiger partial charge in [0.15, 0.2) is 0 Å². The fourth-order valence-electron chi connectivity index (χ4n) is 2.55. The number of aryl methyl sites for hydroxylation is 1. The van der Waals surface area contributed by atoms with E-state index >= 15 is 0 Å². The number of carbonyl (C=O) groups is 1. The summed E-state index contributed by atoms with van der Waals surface area (Å²) in [5.74, 6) is 0.0543. The molecule has 2 rings (SSSR count). The van der Waals surface area contributed by atoms with E-state index in [0.29, 0.717) is 19.6 Å². The molecule has 1 heterocycles. The third kappa shape index (κ3) is 4.69.